The molecule has 1 N–H and O–H groups in total. The van der Waals surface area contributed by atoms with E-state index in [-0.39, 0.29) is 6.61 Å². The summed E-state index contributed by atoms with van der Waals surface area (Å²) in [4.78, 5) is 0. The van der Waals surface area contributed by atoms with Crippen LogP contribution in [0.25, 0.3) is 0 Å². The molecule has 0 fully saturated rings. The number of hydrogen-bond acceptors (Lipinski definition) is 1. The van der Waals surface area contributed by atoms with Crippen molar-refractivity contribution in [3.63, 3.8) is 0 Å². The van der Waals surface area contributed by atoms with Crippen molar-refractivity contribution in [3.05, 3.63) is 12.2 Å². The molecule has 0 amide bonds. The number of aliphatic hydroxyl groups excluding tert-OH is 1. The minimum atomic E-state index is 0.183. The van der Waals surface area contributed by atoms with Crippen LogP contribution in [0.15, 0.2) is 12.2 Å². The van der Waals surface area contributed by atoms with Crippen molar-refractivity contribution in [1.82, 2.24) is 0 Å². The molecule has 0 aromatic carbocycles. The lowest BCUT2D eigenvalue weighted by Crippen LogP contribution is -1.94. The van der Waals surface area contributed by atoms with Crippen molar-refractivity contribution in [2.45, 2.75) is 39.5 Å². The van der Waals surface area contributed by atoms with E-state index in [9.17, 15) is 0 Å². The largest absolute Gasteiger partial charge is 0.392 e. The van der Waals surface area contributed by atoms with E-state index in [1.54, 1.807) is 0 Å². The van der Waals surface area contributed by atoms with Crippen molar-refractivity contribution in [1.29, 1.82) is 0 Å². The van der Waals surface area contributed by atoms with Gasteiger partial charge in [-0.05, 0) is 18.8 Å². The van der Waals surface area contributed by atoms with E-state index in [1.807, 2.05) is 6.08 Å². The molecule has 11 heavy (non-hydrogen) atoms. The lowest BCUT2D eigenvalue weighted by atomic mass is 9.99. The summed E-state index contributed by atoms with van der Waals surface area (Å²) >= 11 is 0. The van der Waals surface area contributed by atoms with Gasteiger partial charge in [-0.3, -0.25) is 0 Å². The third kappa shape index (κ3) is 6.11. The van der Waals surface area contributed by atoms with E-state index in [4.69, 9.17) is 5.11 Å². The summed E-state index contributed by atoms with van der Waals surface area (Å²) in [5, 5.41) is 8.55. The van der Waals surface area contributed by atoms with Crippen LogP contribution in [0.3, 0.4) is 0 Å². The normalized spacial score (nSPS) is 14.1. The van der Waals surface area contributed by atoms with Crippen LogP contribution >= 0.6 is 0 Å². The number of allylic oxidation sites excluding steroid dienone is 1. The van der Waals surface area contributed by atoms with Crippen LogP contribution in [0.2, 0.25) is 0 Å². The smallest absolute Gasteiger partial charge is 0.0612 e. The first kappa shape index (κ1) is 10.7. The fourth-order valence-corrected chi connectivity index (χ4v) is 1.16. The third-order valence-corrected chi connectivity index (χ3v) is 1.97. The molecule has 0 bridgehead atoms. The number of hydrogen-bond donors (Lipinski definition) is 1. The Hall–Kier alpha value is -0.300. The Balaban J connectivity index is 3.48. The molecule has 0 aromatic heterocycles. The lowest BCUT2D eigenvalue weighted by molar-refractivity contribution is 0.341. The van der Waals surface area contributed by atoms with E-state index in [0.29, 0.717) is 5.92 Å². The van der Waals surface area contributed by atoms with Gasteiger partial charge in [-0.25, -0.2) is 0 Å². The first-order valence-electron chi connectivity index (χ1n) is 4.62. The maximum atomic E-state index is 8.55. The summed E-state index contributed by atoms with van der Waals surface area (Å²) in [6, 6.07) is 0. The van der Waals surface area contributed by atoms with E-state index in [2.05, 4.69) is 19.9 Å². The molecule has 0 aromatic rings. The van der Waals surface area contributed by atoms with Crippen LogP contribution in [-0.4, -0.2) is 11.7 Å². The fourth-order valence-electron chi connectivity index (χ4n) is 1.16. The highest BCUT2D eigenvalue weighted by molar-refractivity contribution is 4.87. The van der Waals surface area contributed by atoms with Gasteiger partial charge < -0.3 is 5.11 Å². The molecular weight excluding hydrogens is 136 g/mol. The lowest BCUT2D eigenvalue weighted by Gasteiger charge is -2.07. The predicted molar refractivity (Wildman–Crippen MR) is 49.5 cm³/mol. The minimum Gasteiger partial charge on any atom is -0.392 e. The molecule has 1 atom stereocenters. The van der Waals surface area contributed by atoms with Gasteiger partial charge in [0.05, 0.1) is 6.61 Å². The summed E-state index contributed by atoms with van der Waals surface area (Å²) in [5.41, 5.74) is 0. The SMILES string of the molecule is CCCCC(/C=C/CO)CC. The van der Waals surface area contributed by atoms with Gasteiger partial charge in [0.1, 0.15) is 0 Å². The Bertz CT molecular complexity index is 97.0. The summed E-state index contributed by atoms with van der Waals surface area (Å²) < 4.78 is 0. The molecule has 0 heterocycles. The molecule has 1 nitrogen and oxygen atoms in total. The van der Waals surface area contributed by atoms with Crippen molar-refractivity contribution in [2.24, 2.45) is 5.92 Å². The summed E-state index contributed by atoms with van der Waals surface area (Å²) in [5.74, 6) is 0.682. The molecule has 0 saturated heterocycles. The van der Waals surface area contributed by atoms with Gasteiger partial charge in [-0.2, -0.15) is 0 Å². The topological polar surface area (TPSA) is 20.2 Å². The zero-order chi connectivity index (χ0) is 8.53. The van der Waals surface area contributed by atoms with Crippen LogP contribution in [0.5, 0.6) is 0 Å². The summed E-state index contributed by atoms with van der Waals surface area (Å²) in [6.45, 7) is 4.59. The van der Waals surface area contributed by atoms with Gasteiger partial charge in [0.25, 0.3) is 0 Å². The molecule has 0 aliphatic rings. The second-order valence-electron chi connectivity index (χ2n) is 2.92. The first-order chi connectivity index (χ1) is 5.35. The molecule has 0 aliphatic carbocycles. The second kappa shape index (κ2) is 7.80. The van der Waals surface area contributed by atoms with Crippen molar-refractivity contribution in [3.8, 4) is 0 Å². The van der Waals surface area contributed by atoms with Gasteiger partial charge >= 0.3 is 0 Å². The highest BCUT2D eigenvalue weighted by Gasteiger charge is 1.99. The molecule has 0 spiro atoms. The quantitative estimate of drug-likeness (QED) is 0.586. The van der Waals surface area contributed by atoms with Gasteiger partial charge in [-0.1, -0.05) is 38.8 Å². The maximum Gasteiger partial charge on any atom is 0.0612 e. The molecule has 0 radical (unpaired) electrons. The van der Waals surface area contributed by atoms with E-state index >= 15 is 0 Å². The van der Waals surface area contributed by atoms with Crippen molar-refractivity contribution >= 4 is 0 Å². The van der Waals surface area contributed by atoms with Crippen LogP contribution < -0.4 is 0 Å². The zero-order valence-electron chi connectivity index (χ0n) is 7.71. The Morgan fingerprint density at radius 3 is 2.55 bits per heavy atom. The van der Waals surface area contributed by atoms with Crippen LogP contribution in [-0.2, 0) is 0 Å². The monoisotopic (exact) mass is 156 g/mol. The first-order valence-corrected chi connectivity index (χ1v) is 4.62. The number of aliphatic hydroxyl groups is 1. The molecule has 1 unspecified atom stereocenters. The average molecular weight is 156 g/mol. The molecular formula is C10H20O. The fraction of sp³-hybridized carbons (Fsp3) is 0.800. The number of unbranched alkanes of at least 4 members (excludes halogenated alkanes) is 1. The third-order valence-electron chi connectivity index (χ3n) is 1.97. The predicted octanol–water partition coefficient (Wildman–Crippen LogP) is 2.75. The molecule has 0 aliphatic heterocycles. The van der Waals surface area contributed by atoms with E-state index < -0.39 is 0 Å². The molecule has 0 saturated carbocycles. The van der Waals surface area contributed by atoms with E-state index in [0.717, 1.165) is 0 Å². The van der Waals surface area contributed by atoms with E-state index in [1.165, 1.54) is 25.7 Å². The van der Waals surface area contributed by atoms with Gasteiger partial charge in [0.2, 0.25) is 0 Å². The summed E-state index contributed by atoms with van der Waals surface area (Å²) in [6.07, 6.45) is 9.01. The Morgan fingerprint density at radius 1 is 1.36 bits per heavy atom. The van der Waals surface area contributed by atoms with Gasteiger partial charge in [0, 0.05) is 0 Å². The van der Waals surface area contributed by atoms with Crippen molar-refractivity contribution in [2.75, 3.05) is 6.61 Å². The molecule has 1 heteroatoms. The highest BCUT2D eigenvalue weighted by atomic mass is 16.2. The minimum absolute atomic E-state index is 0.183. The Labute approximate surface area is 70.1 Å². The van der Waals surface area contributed by atoms with Gasteiger partial charge in [-0.15, -0.1) is 0 Å². The molecule has 66 valence electrons. The second-order valence-corrected chi connectivity index (χ2v) is 2.92. The van der Waals surface area contributed by atoms with Crippen LogP contribution in [0.4, 0.5) is 0 Å². The van der Waals surface area contributed by atoms with Crippen molar-refractivity contribution < 1.29 is 5.11 Å². The summed E-state index contributed by atoms with van der Waals surface area (Å²) in [7, 11) is 0. The average Bonchev–Trinajstić information content (AvgIpc) is 2.05. The van der Waals surface area contributed by atoms with Crippen LogP contribution in [0.1, 0.15) is 39.5 Å². The maximum absolute atomic E-state index is 8.55. The van der Waals surface area contributed by atoms with Gasteiger partial charge in [0.15, 0.2) is 0 Å². The standard InChI is InChI=1S/C10H20O/c1-3-5-7-10(4-2)8-6-9-11/h6,8,10-11H,3-5,7,9H2,1-2H3/b8-6+. The molecule has 0 rings (SSSR count). The Morgan fingerprint density at radius 2 is 2.09 bits per heavy atom. The highest BCUT2D eigenvalue weighted by Crippen LogP contribution is 2.13. The zero-order valence-corrected chi connectivity index (χ0v) is 7.71. The Kier molecular flexibility index (Phi) is 7.59. The number of rotatable bonds is 6. The van der Waals surface area contributed by atoms with Crippen LogP contribution in [0, 0.1) is 5.92 Å².